The lowest BCUT2D eigenvalue weighted by atomic mass is 9.93. The van der Waals surface area contributed by atoms with Crippen LogP contribution in [0.25, 0.3) is 5.57 Å². The molecule has 2 rings (SSSR count). The zero-order valence-electron chi connectivity index (χ0n) is 17.4. The molecule has 0 saturated heterocycles. The molecule has 7 heteroatoms. The number of carbonyl (C=O) groups is 1. The summed E-state index contributed by atoms with van der Waals surface area (Å²) in [7, 11) is 0. The first kappa shape index (κ1) is 22.4. The Hall–Kier alpha value is -2.90. The van der Waals surface area contributed by atoms with Gasteiger partial charge in [0.25, 0.3) is 0 Å². The smallest absolute Gasteiger partial charge is 0.324 e. The van der Waals surface area contributed by atoms with Crippen molar-refractivity contribution in [3.8, 4) is 0 Å². The molecule has 156 valence electrons. The predicted octanol–water partition coefficient (Wildman–Crippen LogP) is 4.58. The first-order valence-corrected chi connectivity index (χ1v) is 9.39. The molecule has 0 bridgehead atoms. The molecule has 1 aromatic heterocycles. The number of amides is 2. The van der Waals surface area contributed by atoms with Gasteiger partial charge >= 0.3 is 6.03 Å². The highest BCUT2D eigenvalue weighted by Crippen LogP contribution is 2.24. The van der Waals surface area contributed by atoms with Gasteiger partial charge in [0.2, 0.25) is 0 Å². The molecule has 0 saturated carbocycles. The third-order valence-electron chi connectivity index (χ3n) is 3.99. The molecule has 0 spiro atoms. The molecule has 0 radical (unpaired) electrons. The highest BCUT2D eigenvalue weighted by atomic mass is 16.5. The van der Waals surface area contributed by atoms with Gasteiger partial charge in [-0.1, -0.05) is 50.7 Å². The van der Waals surface area contributed by atoms with Gasteiger partial charge in [-0.3, -0.25) is 5.32 Å². The molecule has 3 N–H and O–H groups in total. The van der Waals surface area contributed by atoms with E-state index in [4.69, 9.17) is 14.4 Å². The van der Waals surface area contributed by atoms with E-state index in [2.05, 4.69) is 22.4 Å². The van der Waals surface area contributed by atoms with E-state index in [9.17, 15) is 4.79 Å². The summed E-state index contributed by atoms with van der Waals surface area (Å²) in [6.07, 6.45) is 1.93. The van der Waals surface area contributed by atoms with Gasteiger partial charge in [0, 0.05) is 17.2 Å². The van der Waals surface area contributed by atoms with Crippen molar-refractivity contribution in [1.29, 1.82) is 0 Å². The summed E-state index contributed by atoms with van der Waals surface area (Å²) >= 11 is 0. The maximum atomic E-state index is 12.2. The number of hydrogen-bond donors (Lipinski definition) is 3. The molecule has 0 atom stereocenters. The molecule has 2 aromatic rings. The molecular formula is C22H29N3O4. The fourth-order valence-electron chi connectivity index (χ4n) is 2.45. The quantitative estimate of drug-likeness (QED) is 0.446. The summed E-state index contributed by atoms with van der Waals surface area (Å²) in [4.78, 5) is 12.2. The number of nitrogens with zero attached hydrogens (tertiary/aromatic N) is 1. The molecule has 29 heavy (non-hydrogen) atoms. The Bertz CT molecular complexity index is 861. The minimum absolute atomic E-state index is 0.00464. The number of urea groups is 1. The first-order valence-electron chi connectivity index (χ1n) is 9.39. The lowest BCUT2D eigenvalue weighted by molar-refractivity contribution is 0.108. The van der Waals surface area contributed by atoms with Crippen molar-refractivity contribution in [2.24, 2.45) is 0 Å². The van der Waals surface area contributed by atoms with E-state index in [0.29, 0.717) is 30.5 Å². The van der Waals surface area contributed by atoms with Crippen molar-refractivity contribution < 1.29 is 19.2 Å². The predicted molar refractivity (Wildman–Crippen MR) is 115 cm³/mol. The Balaban J connectivity index is 1.91. The summed E-state index contributed by atoms with van der Waals surface area (Å²) in [5, 5.41) is 18.0. The number of aliphatic hydroxyl groups is 1. The largest absolute Gasteiger partial charge is 0.394 e. The minimum atomic E-state index is -0.401. The molecule has 0 unspecified atom stereocenters. The standard InChI is InChI=1S/C22H29N3O4/c1-15(14-28-11-10-26)12-16(2)17-6-8-18(9-7-17)23-21(27)24-20-13-19(29-25-20)22(3,4)5/h6-9,12-13,26H,2,10-11,14H2,1,3-5H3,(H2,23,24,25,27)/b15-12+. The molecule has 7 nitrogen and oxygen atoms in total. The number of hydrogen-bond acceptors (Lipinski definition) is 5. The Labute approximate surface area is 171 Å². The Morgan fingerprint density at radius 3 is 2.55 bits per heavy atom. The number of rotatable bonds is 8. The van der Waals surface area contributed by atoms with Gasteiger partial charge < -0.3 is 19.7 Å². The van der Waals surface area contributed by atoms with Crippen LogP contribution in [0.15, 0.2) is 53.1 Å². The second-order valence-electron chi connectivity index (χ2n) is 7.77. The Morgan fingerprint density at radius 1 is 1.28 bits per heavy atom. The number of benzene rings is 1. The summed E-state index contributed by atoms with van der Waals surface area (Å²) < 4.78 is 10.5. The summed E-state index contributed by atoms with van der Waals surface area (Å²) in [5.41, 5.74) is 3.24. The maximum absolute atomic E-state index is 12.2. The van der Waals surface area contributed by atoms with Crippen LogP contribution in [0.4, 0.5) is 16.3 Å². The van der Waals surface area contributed by atoms with Gasteiger partial charge in [-0.2, -0.15) is 0 Å². The van der Waals surface area contributed by atoms with Crippen LogP contribution in [0.2, 0.25) is 0 Å². The second-order valence-corrected chi connectivity index (χ2v) is 7.77. The van der Waals surface area contributed by atoms with Crippen molar-refractivity contribution in [2.75, 3.05) is 30.5 Å². The molecular weight excluding hydrogens is 370 g/mol. The molecule has 1 aromatic carbocycles. The zero-order chi connectivity index (χ0) is 21.4. The summed E-state index contributed by atoms with van der Waals surface area (Å²) in [6.45, 7) is 12.8. The number of anilines is 2. The molecule has 1 heterocycles. The average Bonchev–Trinajstić information content (AvgIpc) is 3.11. The molecule has 0 aliphatic heterocycles. The number of aliphatic hydroxyl groups excluding tert-OH is 1. The monoisotopic (exact) mass is 399 g/mol. The van der Waals surface area contributed by atoms with Crippen LogP contribution < -0.4 is 10.6 Å². The van der Waals surface area contributed by atoms with Crippen molar-refractivity contribution in [3.63, 3.8) is 0 Å². The van der Waals surface area contributed by atoms with E-state index in [1.54, 1.807) is 18.2 Å². The number of carbonyl (C=O) groups excluding carboxylic acids is 1. The number of nitrogens with one attached hydrogen (secondary N) is 2. The molecule has 0 aliphatic rings. The fraction of sp³-hybridized carbons (Fsp3) is 0.364. The highest BCUT2D eigenvalue weighted by Gasteiger charge is 2.20. The van der Waals surface area contributed by atoms with Gasteiger partial charge in [-0.25, -0.2) is 4.79 Å². The van der Waals surface area contributed by atoms with E-state index in [-0.39, 0.29) is 12.0 Å². The van der Waals surface area contributed by atoms with Crippen LogP contribution in [0, 0.1) is 0 Å². The summed E-state index contributed by atoms with van der Waals surface area (Å²) in [6, 6.07) is 8.67. The minimum Gasteiger partial charge on any atom is -0.394 e. The van der Waals surface area contributed by atoms with Crippen LogP contribution in [-0.4, -0.2) is 36.1 Å². The lowest BCUT2D eigenvalue weighted by Crippen LogP contribution is -2.19. The Morgan fingerprint density at radius 2 is 1.97 bits per heavy atom. The third kappa shape index (κ3) is 7.21. The van der Waals surface area contributed by atoms with Crippen LogP contribution >= 0.6 is 0 Å². The van der Waals surface area contributed by atoms with Crippen molar-refractivity contribution >= 4 is 23.1 Å². The number of ether oxygens (including phenoxy) is 1. The Kier molecular flexibility index (Phi) is 7.75. The van der Waals surface area contributed by atoms with Gasteiger partial charge in [-0.05, 0) is 35.8 Å². The van der Waals surface area contributed by atoms with E-state index in [0.717, 1.165) is 16.7 Å². The second kappa shape index (κ2) is 10.0. The van der Waals surface area contributed by atoms with E-state index in [1.807, 2.05) is 45.9 Å². The molecule has 0 fully saturated rings. The number of allylic oxidation sites excluding steroid dienone is 2. The van der Waals surface area contributed by atoms with Crippen LogP contribution in [-0.2, 0) is 10.2 Å². The highest BCUT2D eigenvalue weighted by molar-refractivity contribution is 5.99. The third-order valence-corrected chi connectivity index (χ3v) is 3.99. The van der Waals surface area contributed by atoms with Crippen molar-refractivity contribution in [1.82, 2.24) is 5.16 Å². The van der Waals surface area contributed by atoms with Gasteiger partial charge in [-0.15, -0.1) is 0 Å². The van der Waals surface area contributed by atoms with E-state index < -0.39 is 6.03 Å². The molecule has 2 amide bonds. The van der Waals surface area contributed by atoms with Crippen LogP contribution in [0.3, 0.4) is 0 Å². The topological polar surface area (TPSA) is 96.6 Å². The average molecular weight is 399 g/mol. The van der Waals surface area contributed by atoms with Crippen molar-refractivity contribution in [3.05, 3.63) is 59.9 Å². The molecule has 0 aliphatic carbocycles. The zero-order valence-corrected chi connectivity index (χ0v) is 17.4. The van der Waals surface area contributed by atoms with Gasteiger partial charge in [0.15, 0.2) is 5.82 Å². The maximum Gasteiger partial charge on any atom is 0.324 e. The lowest BCUT2D eigenvalue weighted by Gasteiger charge is -2.12. The summed E-state index contributed by atoms with van der Waals surface area (Å²) in [5.74, 6) is 1.06. The normalized spacial score (nSPS) is 12.0. The number of aromatic nitrogens is 1. The van der Waals surface area contributed by atoms with Crippen LogP contribution in [0.1, 0.15) is 39.0 Å². The van der Waals surface area contributed by atoms with E-state index in [1.165, 1.54) is 0 Å². The first-order chi connectivity index (χ1) is 13.7. The van der Waals surface area contributed by atoms with E-state index >= 15 is 0 Å². The SMILES string of the molecule is C=C(/C=C(\C)COCCO)c1ccc(NC(=O)Nc2cc(C(C)(C)C)on2)cc1. The van der Waals surface area contributed by atoms with Crippen molar-refractivity contribution in [2.45, 2.75) is 33.1 Å². The fourth-order valence-corrected chi connectivity index (χ4v) is 2.45. The van der Waals surface area contributed by atoms with Gasteiger partial charge in [0.1, 0.15) is 5.76 Å². The van der Waals surface area contributed by atoms with Gasteiger partial charge in [0.05, 0.1) is 19.8 Å². The van der Waals surface area contributed by atoms with Crippen LogP contribution in [0.5, 0.6) is 0 Å².